The van der Waals surface area contributed by atoms with Gasteiger partial charge in [-0.15, -0.1) is 0 Å². The van der Waals surface area contributed by atoms with Crippen LogP contribution in [-0.2, 0) is 12.7 Å². The predicted octanol–water partition coefficient (Wildman–Crippen LogP) is 2.17. The Kier molecular flexibility index (Phi) is 2.72. The highest BCUT2D eigenvalue weighted by Crippen LogP contribution is 2.30. The molecule has 0 atom stereocenters. The number of aromatic nitrogens is 3. The summed E-state index contributed by atoms with van der Waals surface area (Å²) in [4.78, 5) is 14.4. The molecule has 2 aromatic rings. The SMILES string of the molecule is CCn1ncc2c(C(=O)O)cc(C(F)(F)F)nc21. The summed E-state index contributed by atoms with van der Waals surface area (Å²) >= 11 is 0. The Hall–Kier alpha value is -2.12. The first-order valence-corrected chi connectivity index (χ1v) is 5.01. The van der Waals surface area contributed by atoms with Crippen molar-refractivity contribution >= 4 is 17.0 Å². The smallest absolute Gasteiger partial charge is 0.433 e. The molecule has 0 spiro atoms. The van der Waals surface area contributed by atoms with Gasteiger partial charge in [0.25, 0.3) is 0 Å². The minimum Gasteiger partial charge on any atom is -0.478 e. The third kappa shape index (κ3) is 1.89. The molecule has 1 N–H and O–H groups in total. The first kappa shape index (κ1) is 12.3. The second-order valence-corrected chi connectivity index (χ2v) is 3.56. The number of aromatic carboxylic acids is 1. The number of carbonyl (C=O) groups is 1. The van der Waals surface area contributed by atoms with Crippen LogP contribution in [0.4, 0.5) is 13.2 Å². The summed E-state index contributed by atoms with van der Waals surface area (Å²) in [6.45, 7) is 1.98. The van der Waals surface area contributed by atoms with Gasteiger partial charge in [-0.1, -0.05) is 0 Å². The van der Waals surface area contributed by atoms with Gasteiger partial charge in [0.05, 0.1) is 17.1 Å². The van der Waals surface area contributed by atoms with E-state index in [9.17, 15) is 18.0 Å². The Labute approximate surface area is 98.9 Å². The molecule has 2 heterocycles. The Morgan fingerprint density at radius 2 is 2.17 bits per heavy atom. The van der Waals surface area contributed by atoms with Gasteiger partial charge >= 0.3 is 12.1 Å². The van der Waals surface area contributed by atoms with Crippen LogP contribution in [-0.4, -0.2) is 25.8 Å². The maximum atomic E-state index is 12.6. The van der Waals surface area contributed by atoms with Gasteiger partial charge in [-0.25, -0.2) is 14.5 Å². The van der Waals surface area contributed by atoms with Gasteiger partial charge in [-0.2, -0.15) is 18.3 Å². The maximum Gasteiger partial charge on any atom is 0.433 e. The second kappa shape index (κ2) is 3.97. The second-order valence-electron chi connectivity index (χ2n) is 3.56. The van der Waals surface area contributed by atoms with E-state index in [1.165, 1.54) is 10.9 Å². The van der Waals surface area contributed by atoms with Crippen LogP contribution < -0.4 is 0 Å². The highest BCUT2D eigenvalue weighted by atomic mass is 19.4. The van der Waals surface area contributed by atoms with Crippen molar-refractivity contribution in [3.05, 3.63) is 23.5 Å². The van der Waals surface area contributed by atoms with Crippen LogP contribution in [0.25, 0.3) is 11.0 Å². The molecule has 0 aliphatic rings. The number of pyridine rings is 1. The summed E-state index contributed by atoms with van der Waals surface area (Å²) in [6, 6.07) is 0.520. The van der Waals surface area contributed by atoms with Crippen LogP contribution in [0.15, 0.2) is 12.3 Å². The van der Waals surface area contributed by atoms with Crippen LogP contribution in [0.2, 0.25) is 0 Å². The molecular formula is C10H8F3N3O2. The van der Waals surface area contributed by atoms with Crippen molar-refractivity contribution in [1.82, 2.24) is 14.8 Å². The zero-order valence-electron chi connectivity index (χ0n) is 9.19. The summed E-state index contributed by atoms with van der Waals surface area (Å²) in [5.41, 5.74) is -1.76. The van der Waals surface area contributed by atoms with E-state index >= 15 is 0 Å². The molecule has 5 nitrogen and oxygen atoms in total. The quantitative estimate of drug-likeness (QED) is 0.897. The molecule has 0 aromatic carbocycles. The molecule has 0 bridgehead atoms. The third-order valence-electron chi connectivity index (χ3n) is 2.43. The number of rotatable bonds is 2. The van der Waals surface area contributed by atoms with Gasteiger partial charge in [-0.3, -0.25) is 0 Å². The van der Waals surface area contributed by atoms with E-state index in [0.717, 1.165) is 0 Å². The Balaban J connectivity index is 2.81. The van der Waals surface area contributed by atoms with Crippen molar-refractivity contribution in [3.63, 3.8) is 0 Å². The van der Waals surface area contributed by atoms with E-state index in [-0.39, 0.29) is 11.0 Å². The van der Waals surface area contributed by atoms with Crippen LogP contribution in [0.5, 0.6) is 0 Å². The van der Waals surface area contributed by atoms with Gasteiger partial charge in [-0.05, 0) is 13.0 Å². The number of carboxylic acids is 1. The summed E-state index contributed by atoms with van der Waals surface area (Å²) in [6.07, 6.45) is -3.49. The fraction of sp³-hybridized carbons (Fsp3) is 0.300. The minimum atomic E-state index is -4.69. The Morgan fingerprint density at radius 1 is 1.50 bits per heavy atom. The van der Waals surface area contributed by atoms with Gasteiger partial charge < -0.3 is 5.11 Å². The Bertz CT molecular complexity index is 619. The minimum absolute atomic E-state index is 0.0790. The van der Waals surface area contributed by atoms with E-state index in [1.54, 1.807) is 6.92 Å². The van der Waals surface area contributed by atoms with Gasteiger partial charge in [0.1, 0.15) is 5.69 Å². The Morgan fingerprint density at radius 3 is 2.67 bits per heavy atom. The number of alkyl halides is 3. The largest absolute Gasteiger partial charge is 0.478 e. The highest BCUT2D eigenvalue weighted by molar-refractivity contribution is 6.01. The number of hydrogen-bond donors (Lipinski definition) is 1. The van der Waals surface area contributed by atoms with E-state index in [2.05, 4.69) is 10.1 Å². The summed E-state index contributed by atoms with van der Waals surface area (Å²) in [5, 5.41) is 12.8. The van der Waals surface area contributed by atoms with Crippen LogP contribution >= 0.6 is 0 Å². The monoisotopic (exact) mass is 259 g/mol. The summed E-state index contributed by atoms with van der Waals surface area (Å²) in [5.74, 6) is -1.44. The van der Waals surface area contributed by atoms with Crippen molar-refractivity contribution in [2.75, 3.05) is 0 Å². The molecule has 0 aliphatic carbocycles. The number of fused-ring (bicyclic) bond motifs is 1. The van der Waals surface area contributed by atoms with E-state index < -0.39 is 23.4 Å². The van der Waals surface area contributed by atoms with Gasteiger partial charge in [0.15, 0.2) is 5.65 Å². The zero-order chi connectivity index (χ0) is 13.5. The van der Waals surface area contributed by atoms with Crippen molar-refractivity contribution in [3.8, 4) is 0 Å². The standard InChI is InChI=1S/C10H8F3N3O2/c1-2-16-8-6(4-14-16)5(9(17)18)3-7(15-8)10(11,12)13/h3-4H,2H2,1H3,(H,17,18). The molecule has 0 amide bonds. The number of aryl methyl sites for hydroxylation is 1. The van der Waals surface area contributed by atoms with E-state index in [1.807, 2.05) is 0 Å². The van der Waals surface area contributed by atoms with Gasteiger partial charge in [0, 0.05) is 6.54 Å². The maximum absolute atomic E-state index is 12.6. The third-order valence-corrected chi connectivity index (χ3v) is 2.43. The summed E-state index contributed by atoms with van der Waals surface area (Å²) < 4.78 is 39.1. The van der Waals surface area contributed by atoms with Crippen LogP contribution in [0.3, 0.4) is 0 Å². The lowest BCUT2D eigenvalue weighted by molar-refractivity contribution is -0.141. The molecule has 18 heavy (non-hydrogen) atoms. The first-order valence-electron chi connectivity index (χ1n) is 5.01. The molecule has 8 heteroatoms. The summed E-state index contributed by atoms with van der Waals surface area (Å²) in [7, 11) is 0. The fourth-order valence-corrected chi connectivity index (χ4v) is 1.60. The van der Waals surface area contributed by atoms with E-state index in [4.69, 9.17) is 5.11 Å². The number of nitrogens with zero attached hydrogens (tertiary/aromatic N) is 3. The average molecular weight is 259 g/mol. The predicted molar refractivity (Wildman–Crippen MR) is 55.2 cm³/mol. The topological polar surface area (TPSA) is 68.0 Å². The van der Waals surface area contributed by atoms with Crippen molar-refractivity contribution in [2.45, 2.75) is 19.6 Å². The van der Waals surface area contributed by atoms with Crippen molar-refractivity contribution < 1.29 is 23.1 Å². The molecule has 0 unspecified atom stereocenters. The fourth-order valence-electron chi connectivity index (χ4n) is 1.60. The average Bonchev–Trinajstić information content (AvgIpc) is 2.68. The van der Waals surface area contributed by atoms with Crippen LogP contribution in [0.1, 0.15) is 23.0 Å². The highest BCUT2D eigenvalue weighted by Gasteiger charge is 2.34. The molecule has 0 radical (unpaired) electrons. The molecule has 96 valence electrons. The number of hydrogen-bond acceptors (Lipinski definition) is 3. The van der Waals surface area contributed by atoms with Gasteiger partial charge in [0.2, 0.25) is 0 Å². The molecule has 0 aliphatic heterocycles. The number of carboxylic acid groups (broad SMARTS) is 1. The van der Waals surface area contributed by atoms with E-state index in [0.29, 0.717) is 12.6 Å². The lowest BCUT2D eigenvalue weighted by Crippen LogP contribution is -2.12. The molecule has 0 saturated carbocycles. The van der Waals surface area contributed by atoms with Crippen molar-refractivity contribution in [1.29, 1.82) is 0 Å². The lowest BCUT2D eigenvalue weighted by atomic mass is 10.1. The molecule has 2 rings (SSSR count). The molecule has 2 aromatic heterocycles. The number of halogens is 3. The van der Waals surface area contributed by atoms with Crippen molar-refractivity contribution in [2.24, 2.45) is 0 Å². The normalized spacial score (nSPS) is 12.0. The zero-order valence-corrected chi connectivity index (χ0v) is 9.19. The molecule has 0 saturated heterocycles. The van der Waals surface area contributed by atoms with Crippen LogP contribution in [0, 0.1) is 0 Å². The first-order chi connectivity index (χ1) is 8.34. The molecular weight excluding hydrogens is 251 g/mol. The lowest BCUT2D eigenvalue weighted by Gasteiger charge is -2.08. The molecule has 0 fully saturated rings.